The molecule has 2 aliphatic rings. The third-order valence-electron chi connectivity index (χ3n) is 5.71. The molecule has 29 heavy (non-hydrogen) atoms. The van der Waals surface area contributed by atoms with E-state index in [0.717, 1.165) is 5.56 Å². The first-order chi connectivity index (χ1) is 13.9. The Bertz CT molecular complexity index is 681. The number of halogens is 2. The van der Waals surface area contributed by atoms with Gasteiger partial charge in [0.05, 0.1) is 6.54 Å². The number of piperazine rings is 1. The monoisotopic (exact) mass is 409 g/mol. The average molecular weight is 409 g/mol. The maximum atomic E-state index is 12.9. The number of hydrogen-bond donors (Lipinski definition) is 0. The minimum absolute atomic E-state index is 0.0755. The molecule has 8 heteroatoms. The summed E-state index contributed by atoms with van der Waals surface area (Å²) in [7, 11) is 0. The van der Waals surface area contributed by atoms with Gasteiger partial charge in [0.15, 0.2) is 0 Å². The van der Waals surface area contributed by atoms with Crippen molar-refractivity contribution in [3.05, 3.63) is 35.9 Å². The van der Waals surface area contributed by atoms with Gasteiger partial charge >= 0.3 is 6.09 Å². The zero-order valence-electron chi connectivity index (χ0n) is 16.8. The van der Waals surface area contributed by atoms with E-state index >= 15 is 0 Å². The topological polar surface area (TPSA) is 53.1 Å². The number of rotatable bonds is 5. The van der Waals surface area contributed by atoms with Gasteiger partial charge in [0.2, 0.25) is 5.91 Å². The van der Waals surface area contributed by atoms with E-state index in [1.54, 1.807) is 9.80 Å². The summed E-state index contributed by atoms with van der Waals surface area (Å²) in [6.45, 7) is 4.34. The lowest BCUT2D eigenvalue weighted by molar-refractivity contribution is -0.141. The summed E-state index contributed by atoms with van der Waals surface area (Å²) >= 11 is 0. The minimum atomic E-state index is -2.34. The Morgan fingerprint density at radius 3 is 2.41 bits per heavy atom. The molecule has 1 aromatic carbocycles. The Labute approximate surface area is 170 Å². The van der Waals surface area contributed by atoms with Crippen LogP contribution in [0.2, 0.25) is 0 Å². The molecule has 2 aliphatic heterocycles. The lowest BCUT2D eigenvalue weighted by Gasteiger charge is -2.42. The Morgan fingerprint density at radius 2 is 1.79 bits per heavy atom. The molecule has 160 valence electrons. The van der Waals surface area contributed by atoms with Crippen LogP contribution >= 0.6 is 0 Å². The van der Waals surface area contributed by atoms with Gasteiger partial charge in [-0.15, -0.1) is 0 Å². The van der Waals surface area contributed by atoms with E-state index in [1.807, 2.05) is 42.2 Å². The van der Waals surface area contributed by atoms with Gasteiger partial charge in [-0.05, 0) is 38.4 Å². The minimum Gasteiger partial charge on any atom is -0.445 e. The highest BCUT2D eigenvalue weighted by Crippen LogP contribution is 2.23. The van der Waals surface area contributed by atoms with Crippen molar-refractivity contribution in [2.45, 2.75) is 38.8 Å². The maximum Gasteiger partial charge on any atom is 0.410 e. The van der Waals surface area contributed by atoms with E-state index in [1.165, 1.54) is 0 Å². The molecule has 0 aromatic heterocycles. The Morgan fingerprint density at radius 1 is 1.10 bits per heavy atom. The number of hydrogen-bond acceptors (Lipinski definition) is 4. The number of amides is 2. The van der Waals surface area contributed by atoms with Gasteiger partial charge in [-0.25, -0.2) is 13.6 Å². The Balaban J connectivity index is 1.44. The molecular weight excluding hydrogens is 380 g/mol. The zero-order chi connectivity index (χ0) is 20.8. The third-order valence-corrected chi connectivity index (χ3v) is 5.71. The highest BCUT2D eigenvalue weighted by Gasteiger charge is 2.35. The van der Waals surface area contributed by atoms with E-state index in [9.17, 15) is 18.4 Å². The molecule has 0 unspecified atom stereocenters. The van der Waals surface area contributed by atoms with Crippen molar-refractivity contribution < 1.29 is 23.1 Å². The van der Waals surface area contributed by atoms with Gasteiger partial charge in [0.25, 0.3) is 6.43 Å². The molecule has 1 atom stereocenters. The second-order valence-corrected chi connectivity index (χ2v) is 7.83. The van der Waals surface area contributed by atoms with Crippen LogP contribution in [0.15, 0.2) is 30.3 Å². The van der Waals surface area contributed by atoms with Gasteiger partial charge in [0, 0.05) is 31.6 Å². The molecule has 0 radical (unpaired) electrons. The van der Waals surface area contributed by atoms with Crippen molar-refractivity contribution in [2.24, 2.45) is 5.92 Å². The molecule has 0 aliphatic carbocycles. The molecule has 0 saturated carbocycles. The summed E-state index contributed by atoms with van der Waals surface area (Å²) in [5.41, 5.74) is 0.931. The highest BCUT2D eigenvalue weighted by molar-refractivity contribution is 5.79. The lowest BCUT2D eigenvalue weighted by atomic mass is 9.94. The predicted molar refractivity (Wildman–Crippen MR) is 105 cm³/mol. The van der Waals surface area contributed by atoms with Crippen molar-refractivity contribution >= 4 is 12.0 Å². The Kier molecular flexibility index (Phi) is 7.41. The summed E-state index contributed by atoms with van der Waals surface area (Å²) in [6, 6.07) is 9.41. The second kappa shape index (κ2) is 10.0. The molecule has 1 aromatic rings. The van der Waals surface area contributed by atoms with Crippen LogP contribution in [0.3, 0.4) is 0 Å². The average Bonchev–Trinajstić information content (AvgIpc) is 2.72. The largest absolute Gasteiger partial charge is 0.445 e. The van der Waals surface area contributed by atoms with Gasteiger partial charge in [-0.2, -0.15) is 0 Å². The van der Waals surface area contributed by atoms with E-state index < -0.39 is 6.43 Å². The lowest BCUT2D eigenvalue weighted by Crippen LogP contribution is -2.57. The van der Waals surface area contributed by atoms with Crippen LogP contribution < -0.4 is 0 Å². The van der Waals surface area contributed by atoms with E-state index in [2.05, 4.69) is 0 Å². The number of ether oxygens (including phenoxy) is 1. The van der Waals surface area contributed by atoms with Crippen LogP contribution in [-0.2, 0) is 16.1 Å². The van der Waals surface area contributed by atoms with E-state index in [4.69, 9.17) is 4.74 Å². The number of alkyl halides is 2. The molecular formula is C21H29F2N3O3. The van der Waals surface area contributed by atoms with Crippen molar-refractivity contribution in [1.29, 1.82) is 0 Å². The summed E-state index contributed by atoms with van der Waals surface area (Å²) in [4.78, 5) is 30.4. The smallest absolute Gasteiger partial charge is 0.410 e. The first kappa shape index (κ1) is 21.5. The molecule has 0 N–H and O–H groups in total. The van der Waals surface area contributed by atoms with Crippen molar-refractivity contribution in [3.8, 4) is 0 Å². The summed E-state index contributed by atoms with van der Waals surface area (Å²) in [5.74, 6) is -0.0468. The number of carbonyl (C=O) groups excluding carboxylic acids is 2. The van der Waals surface area contributed by atoms with Gasteiger partial charge in [-0.1, -0.05) is 30.3 Å². The standard InChI is InChI=1S/C21H29F2N3O3/c1-16-13-25(21(28)29-15-17-5-3-2-4-6-17)11-12-26(16)20(27)18-7-9-24(10-8-18)14-19(22)23/h2-6,16,18-19H,7-15H2,1H3/t16-/m1/s1. The van der Waals surface area contributed by atoms with Crippen molar-refractivity contribution in [2.75, 3.05) is 39.3 Å². The third kappa shape index (κ3) is 5.88. The fourth-order valence-electron chi connectivity index (χ4n) is 4.05. The molecule has 2 heterocycles. The fourth-order valence-corrected chi connectivity index (χ4v) is 4.05. The second-order valence-electron chi connectivity index (χ2n) is 7.83. The van der Waals surface area contributed by atoms with Crippen LogP contribution in [0.1, 0.15) is 25.3 Å². The molecule has 2 saturated heterocycles. The summed E-state index contributed by atoms with van der Waals surface area (Å²) in [6.07, 6.45) is -1.49. The quantitative estimate of drug-likeness (QED) is 0.751. The first-order valence-corrected chi connectivity index (χ1v) is 10.2. The maximum absolute atomic E-state index is 12.9. The summed E-state index contributed by atoms with van der Waals surface area (Å²) in [5, 5.41) is 0. The molecule has 3 rings (SSSR count). The molecule has 2 fully saturated rings. The zero-order valence-corrected chi connectivity index (χ0v) is 16.8. The Hall–Kier alpha value is -2.22. The van der Waals surface area contributed by atoms with Gasteiger partial charge in [0.1, 0.15) is 6.61 Å². The van der Waals surface area contributed by atoms with Gasteiger partial charge in [-0.3, -0.25) is 9.69 Å². The van der Waals surface area contributed by atoms with Crippen molar-refractivity contribution in [1.82, 2.24) is 14.7 Å². The van der Waals surface area contributed by atoms with Crippen LogP contribution in [-0.4, -0.2) is 78.4 Å². The normalized spacial score (nSPS) is 21.4. The van der Waals surface area contributed by atoms with Crippen LogP contribution in [0, 0.1) is 5.92 Å². The summed E-state index contributed by atoms with van der Waals surface area (Å²) < 4.78 is 30.4. The van der Waals surface area contributed by atoms with Crippen LogP contribution in [0.4, 0.5) is 13.6 Å². The molecule has 0 bridgehead atoms. The van der Waals surface area contributed by atoms with Crippen LogP contribution in [0.25, 0.3) is 0 Å². The number of benzene rings is 1. The number of piperidine rings is 1. The van der Waals surface area contributed by atoms with Crippen LogP contribution in [0.5, 0.6) is 0 Å². The van der Waals surface area contributed by atoms with E-state index in [-0.39, 0.29) is 37.1 Å². The molecule has 2 amide bonds. The van der Waals surface area contributed by atoms with Crippen molar-refractivity contribution in [3.63, 3.8) is 0 Å². The highest BCUT2D eigenvalue weighted by atomic mass is 19.3. The van der Waals surface area contributed by atoms with E-state index in [0.29, 0.717) is 45.6 Å². The first-order valence-electron chi connectivity index (χ1n) is 10.2. The fraction of sp³-hybridized carbons (Fsp3) is 0.619. The number of carbonyl (C=O) groups is 2. The predicted octanol–water partition coefficient (Wildman–Crippen LogP) is 2.83. The molecule has 0 spiro atoms. The molecule has 6 nitrogen and oxygen atoms in total. The van der Waals surface area contributed by atoms with Gasteiger partial charge < -0.3 is 14.5 Å². The number of nitrogens with zero attached hydrogens (tertiary/aromatic N) is 3. The SMILES string of the molecule is C[C@@H]1CN(C(=O)OCc2ccccc2)CCN1C(=O)C1CCN(CC(F)F)CC1. The number of likely N-dealkylation sites (tertiary alicyclic amines) is 1.